The average molecular weight is 230 g/mol. The molecule has 0 saturated heterocycles. The molecule has 90 valence electrons. The summed E-state index contributed by atoms with van der Waals surface area (Å²) in [5.74, 6) is 2.00. The van der Waals surface area contributed by atoms with Gasteiger partial charge in [-0.15, -0.1) is 0 Å². The van der Waals surface area contributed by atoms with Crippen LogP contribution in [-0.2, 0) is 0 Å². The molecular weight excluding hydrogens is 212 g/mol. The molecule has 0 spiro atoms. The highest BCUT2D eigenvalue weighted by molar-refractivity contribution is 5.24. The molecule has 0 N–H and O–H groups in total. The molecule has 0 radical (unpaired) electrons. The summed E-state index contributed by atoms with van der Waals surface area (Å²) in [5, 5.41) is 8.78. The predicted octanol–water partition coefficient (Wildman–Crippen LogP) is 3.16. The van der Waals surface area contributed by atoms with Gasteiger partial charge in [-0.2, -0.15) is 5.26 Å². The van der Waals surface area contributed by atoms with E-state index in [1.807, 2.05) is 18.2 Å². The van der Waals surface area contributed by atoms with Crippen molar-refractivity contribution in [2.24, 2.45) is 11.8 Å². The number of aromatic nitrogens is 1. The van der Waals surface area contributed by atoms with Gasteiger partial charge in [0.2, 0.25) is 5.88 Å². The van der Waals surface area contributed by atoms with Crippen molar-refractivity contribution in [3.05, 3.63) is 23.9 Å². The van der Waals surface area contributed by atoms with Gasteiger partial charge >= 0.3 is 0 Å². The number of nitrogens with zero attached hydrogens (tertiary/aromatic N) is 2. The van der Waals surface area contributed by atoms with Crippen LogP contribution in [0.4, 0.5) is 0 Å². The van der Waals surface area contributed by atoms with Crippen molar-refractivity contribution in [2.75, 3.05) is 0 Å². The number of ether oxygens (including phenoxy) is 1. The topological polar surface area (TPSA) is 45.9 Å². The second-order valence-electron chi connectivity index (χ2n) is 5.13. The van der Waals surface area contributed by atoms with Gasteiger partial charge in [0, 0.05) is 6.07 Å². The van der Waals surface area contributed by atoms with Crippen LogP contribution < -0.4 is 4.74 Å². The van der Waals surface area contributed by atoms with E-state index in [1.165, 1.54) is 6.42 Å². The van der Waals surface area contributed by atoms with Crippen molar-refractivity contribution >= 4 is 0 Å². The summed E-state index contributed by atoms with van der Waals surface area (Å²) in [7, 11) is 0. The first-order valence-electron chi connectivity index (χ1n) is 6.21. The standard InChI is InChI=1S/C14H18N2O/c1-10-6-11(2)8-13(7-10)17-14-5-3-4-12(9-15)16-14/h3-5,10-11,13H,6-8H2,1-2H3. The molecular formula is C14H18N2O. The van der Waals surface area contributed by atoms with Gasteiger partial charge in [0.25, 0.3) is 0 Å². The van der Waals surface area contributed by atoms with E-state index < -0.39 is 0 Å². The molecule has 1 aromatic heterocycles. The number of pyridine rings is 1. The predicted molar refractivity (Wildman–Crippen MR) is 65.5 cm³/mol. The van der Waals surface area contributed by atoms with Gasteiger partial charge in [-0.3, -0.25) is 0 Å². The molecule has 1 aliphatic carbocycles. The number of nitriles is 1. The molecule has 0 amide bonds. The smallest absolute Gasteiger partial charge is 0.214 e. The minimum atomic E-state index is 0.246. The van der Waals surface area contributed by atoms with Crippen molar-refractivity contribution in [2.45, 2.75) is 39.2 Å². The number of rotatable bonds is 2. The maximum Gasteiger partial charge on any atom is 0.214 e. The lowest BCUT2D eigenvalue weighted by molar-refractivity contribution is 0.0967. The van der Waals surface area contributed by atoms with Gasteiger partial charge < -0.3 is 4.74 Å². The van der Waals surface area contributed by atoms with Crippen LogP contribution in [0.15, 0.2) is 18.2 Å². The maximum absolute atomic E-state index is 8.78. The molecule has 1 heterocycles. The van der Waals surface area contributed by atoms with Crippen molar-refractivity contribution < 1.29 is 4.74 Å². The largest absolute Gasteiger partial charge is 0.474 e. The van der Waals surface area contributed by atoms with Crippen molar-refractivity contribution in [1.82, 2.24) is 4.98 Å². The van der Waals surface area contributed by atoms with E-state index >= 15 is 0 Å². The Morgan fingerprint density at radius 1 is 1.24 bits per heavy atom. The molecule has 2 unspecified atom stereocenters. The molecule has 0 bridgehead atoms. The van der Waals surface area contributed by atoms with E-state index in [-0.39, 0.29) is 6.10 Å². The molecule has 2 rings (SSSR count). The summed E-state index contributed by atoms with van der Waals surface area (Å²) in [6.07, 6.45) is 3.70. The Morgan fingerprint density at radius 2 is 1.94 bits per heavy atom. The van der Waals surface area contributed by atoms with Crippen molar-refractivity contribution in [3.63, 3.8) is 0 Å². The van der Waals surface area contributed by atoms with Crippen molar-refractivity contribution in [1.29, 1.82) is 5.26 Å². The summed E-state index contributed by atoms with van der Waals surface area (Å²) >= 11 is 0. The summed E-state index contributed by atoms with van der Waals surface area (Å²) in [4.78, 5) is 4.15. The van der Waals surface area contributed by atoms with E-state index in [2.05, 4.69) is 18.8 Å². The summed E-state index contributed by atoms with van der Waals surface area (Å²) in [5.41, 5.74) is 0.416. The molecule has 17 heavy (non-hydrogen) atoms. The quantitative estimate of drug-likeness (QED) is 0.784. The van der Waals surface area contributed by atoms with E-state index in [0.29, 0.717) is 23.4 Å². The van der Waals surface area contributed by atoms with Crippen molar-refractivity contribution in [3.8, 4) is 11.9 Å². The first-order valence-corrected chi connectivity index (χ1v) is 6.21. The lowest BCUT2D eigenvalue weighted by Crippen LogP contribution is -2.28. The van der Waals surface area contributed by atoms with Crippen LogP contribution in [0.25, 0.3) is 0 Å². The molecule has 1 fully saturated rings. The van der Waals surface area contributed by atoms with Crippen LogP contribution in [-0.4, -0.2) is 11.1 Å². The minimum absolute atomic E-state index is 0.246. The highest BCUT2D eigenvalue weighted by atomic mass is 16.5. The minimum Gasteiger partial charge on any atom is -0.474 e. The third-order valence-electron chi connectivity index (χ3n) is 3.26. The van der Waals surface area contributed by atoms with Gasteiger partial charge in [-0.05, 0) is 37.2 Å². The van der Waals surface area contributed by atoms with Crippen LogP contribution in [0.2, 0.25) is 0 Å². The van der Waals surface area contributed by atoms with Crippen LogP contribution >= 0.6 is 0 Å². The van der Waals surface area contributed by atoms with Gasteiger partial charge in [0.05, 0.1) is 0 Å². The second kappa shape index (κ2) is 5.18. The maximum atomic E-state index is 8.78. The average Bonchev–Trinajstić information content (AvgIpc) is 2.28. The zero-order valence-electron chi connectivity index (χ0n) is 10.4. The van der Waals surface area contributed by atoms with Crippen LogP contribution in [0.5, 0.6) is 5.88 Å². The molecule has 2 atom stereocenters. The van der Waals surface area contributed by atoms with Gasteiger partial charge in [0.1, 0.15) is 17.9 Å². The van der Waals surface area contributed by atoms with E-state index in [4.69, 9.17) is 10.00 Å². The van der Waals surface area contributed by atoms with Gasteiger partial charge in [-0.1, -0.05) is 19.9 Å². The normalized spacial score (nSPS) is 28.4. The third kappa shape index (κ3) is 3.20. The van der Waals surface area contributed by atoms with Crippen LogP contribution in [0.3, 0.4) is 0 Å². The Bertz CT molecular complexity index is 414. The molecule has 1 aromatic rings. The van der Waals surface area contributed by atoms with Crippen LogP contribution in [0, 0.1) is 23.2 Å². The fourth-order valence-corrected chi connectivity index (χ4v) is 2.68. The Kier molecular flexibility index (Phi) is 3.63. The summed E-state index contributed by atoms with van der Waals surface area (Å²) in [6, 6.07) is 7.36. The Morgan fingerprint density at radius 3 is 2.59 bits per heavy atom. The number of hydrogen-bond donors (Lipinski definition) is 0. The molecule has 0 aromatic carbocycles. The van der Waals surface area contributed by atoms with Gasteiger partial charge in [0.15, 0.2) is 0 Å². The molecule has 1 aliphatic rings. The highest BCUT2D eigenvalue weighted by Crippen LogP contribution is 2.30. The Labute approximate surface area is 102 Å². The fraction of sp³-hybridized carbons (Fsp3) is 0.571. The fourth-order valence-electron chi connectivity index (χ4n) is 2.68. The zero-order chi connectivity index (χ0) is 12.3. The second-order valence-corrected chi connectivity index (χ2v) is 5.13. The summed E-state index contributed by atoms with van der Waals surface area (Å²) in [6.45, 7) is 4.54. The monoisotopic (exact) mass is 230 g/mol. The van der Waals surface area contributed by atoms with Crippen LogP contribution in [0.1, 0.15) is 38.8 Å². The zero-order valence-corrected chi connectivity index (χ0v) is 10.4. The SMILES string of the molecule is CC1CC(C)CC(Oc2cccc(C#N)n2)C1. The van der Waals surface area contributed by atoms with Gasteiger partial charge in [-0.25, -0.2) is 4.98 Å². The van der Waals surface area contributed by atoms with E-state index in [1.54, 1.807) is 6.07 Å². The number of hydrogen-bond acceptors (Lipinski definition) is 3. The third-order valence-corrected chi connectivity index (χ3v) is 3.26. The van der Waals surface area contributed by atoms with E-state index in [0.717, 1.165) is 12.8 Å². The molecule has 1 saturated carbocycles. The van der Waals surface area contributed by atoms with E-state index in [9.17, 15) is 0 Å². The Balaban J connectivity index is 2.02. The Hall–Kier alpha value is -1.56. The molecule has 0 aliphatic heterocycles. The lowest BCUT2D eigenvalue weighted by Gasteiger charge is -2.31. The first-order chi connectivity index (χ1) is 8.17. The summed E-state index contributed by atoms with van der Waals surface area (Å²) < 4.78 is 5.88. The lowest BCUT2D eigenvalue weighted by atomic mass is 9.82. The molecule has 3 nitrogen and oxygen atoms in total. The molecule has 3 heteroatoms. The first kappa shape index (κ1) is 11.9. The highest BCUT2D eigenvalue weighted by Gasteiger charge is 2.25.